The van der Waals surface area contributed by atoms with Gasteiger partial charge in [0.15, 0.2) is 0 Å². The summed E-state index contributed by atoms with van der Waals surface area (Å²) in [5.74, 6) is -1.20. The van der Waals surface area contributed by atoms with E-state index in [-0.39, 0.29) is 22.7 Å². The van der Waals surface area contributed by atoms with Gasteiger partial charge < -0.3 is 15.0 Å². The topological polar surface area (TPSA) is 96.0 Å². The van der Waals surface area contributed by atoms with Crippen molar-refractivity contribution < 1.29 is 27.1 Å². The monoisotopic (exact) mass is 575 g/mol. The second-order valence-corrected chi connectivity index (χ2v) is 11.0. The van der Waals surface area contributed by atoms with Gasteiger partial charge in [0.2, 0.25) is 11.8 Å². The van der Waals surface area contributed by atoms with Gasteiger partial charge in [-0.1, -0.05) is 36.7 Å². The summed E-state index contributed by atoms with van der Waals surface area (Å²) in [5, 5.41) is 3.12. The Bertz CT molecular complexity index is 1390. The van der Waals surface area contributed by atoms with E-state index in [9.17, 15) is 22.4 Å². The standard InChI is InChI=1S/C28H31ClFN3O5S/c1-4-17-31-28(35)20(2)32(18-21-7-5-6-8-26(21)30)27(34)19-33(23-11-9-22(29)10-12-23)39(36,37)25-15-13-24(38-3)14-16-25/h5-16,20H,4,17-19H2,1-3H3,(H,31,35)/t20-/m0/s1. The highest BCUT2D eigenvalue weighted by Crippen LogP contribution is 2.27. The van der Waals surface area contributed by atoms with Crippen LogP contribution in [0.3, 0.4) is 0 Å². The molecular weight excluding hydrogens is 545 g/mol. The minimum absolute atomic E-state index is 0.0690. The lowest BCUT2D eigenvalue weighted by Gasteiger charge is -2.32. The molecule has 208 valence electrons. The first kappa shape index (κ1) is 29.9. The molecule has 0 spiro atoms. The number of hydrogen-bond donors (Lipinski definition) is 1. The maximum atomic E-state index is 14.6. The van der Waals surface area contributed by atoms with Gasteiger partial charge in [-0.3, -0.25) is 13.9 Å². The lowest BCUT2D eigenvalue weighted by atomic mass is 10.1. The molecule has 0 bridgehead atoms. The van der Waals surface area contributed by atoms with E-state index in [1.165, 1.54) is 85.7 Å². The minimum Gasteiger partial charge on any atom is -0.497 e. The highest BCUT2D eigenvalue weighted by Gasteiger charge is 2.32. The smallest absolute Gasteiger partial charge is 0.264 e. The van der Waals surface area contributed by atoms with Crippen molar-refractivity contribution in [3.05, 3.63) is 89.2 Å². The maximum Gasteiger partial charge on any atom is 0.264 e. The fourth-order valence-corrected chi connectivity index (χ4v) is 5.34. The number of hydrogen-bond acceptors (Lipinski definition) is 5. The highest BCUT2D eigenvalue weighted by molar-refractivity contribution is 7.92. The van der Waals surface area contributed by atoms with Gasteiger partial charge in [0, 0.05) is 23.7 Å². The quantitative estimate of drug-likeness (QED) is 0.340. The van der Waals surface area contributed by atoms with E-state index in [4.69, 9.17) is 16.3 Å². The van der Waals surface area contributed by atoms with Gasteiger partial charge in [-0.05, 0) is 67.9 Å². The van der Waals surface area contributed by atoms with E-state index in [1.54, 1.807) is 6.07 Å². The highest BCUT2D eigenvalue weighted by atomic mass is 35.5. The first-order valence-corrected chi connectivity index (χ1v) is 14.1. The molecule has 0 heterocycles. The van der Waals surface area contributed by atoms with E-state index in [2.05, 4.69) is 5.32 Å². The molecule has 8 nitrogen and oxygen atoms in total. The summed E-state index contributed by atoms with van der Waals surface area (Å²) in [6.45, 7) is 2.93. The van der Waals surface area contributed by atoms with Crippen molar-refractivity contribution in [2.24, 2.45) is 0 Å². The Morgan fingerprint density at radius 2 is 1.67 bits per heavy atom. The van der Waals surface area contributed by atoms with Crippen LogP contribution in [-0.2, 0) is 26.2 Å². The summed E-state index contributed by atoms with van der Waals surface area (Å²) < 4.78 is 48.2. The minimum atomic E-state index is -4.25. The van der Waals surface area contributed by atoms with Crippen molar-refractivity contribution in [1.82, 2.24) is 10.2 Å². The second-order valence-electron chi connectivity index (χ2n) is 8.74. The molecule has 2 amide bonds. The first-order valence-electron chi connectivity index (χ1n) is 12.3. The molecule has 0 aliphatic heterocycles. The summed E-state index contributed by atoms with van der Waals surface area (Å²) in [7, 11) is -2.79. The SMILES string of the molecule is CCCNC(=O)[C@H](C)N(Cc1ccccc1F)C(=O)CN(c1ccc(Cl)cc1)S(=O)(=O)c1ccc(OC)cc1. The van der Waals surface area contributed by atoms with E-state index in [1.807, 2.05) is 6.92 Å². The van der Waals surface area contributed by atoms with Crippen molar-refractivity contribution >= 4 is 39.1 Å². The first-order chi connectivity index (χ1) is 18.6. The number of amides is 2. The summed E-state index contributed by atoms with van der Waals surface area (Å²) in [6.07, 6.45) is 0.685. The van der Waals surface area contributed by atoms with Crippen LogP contribution in [-0.4, -0.2) is 51.4 Å². The number of carbonyl (C=O) groups is 2. The number of carbonyl (C=O) groups excluding carboxylic acids is 2. The Morgan fingerprint density at radius 3 is 2.26 bits per heavy atom. The molecule has 0 unspecified atom stereocenters. The zero-order valence-corrected chi connectivity index (χ0v) is 23.5. The number of nitrogens with one attached hydrogen (secondary N) is 1. The number of nitrogens with zero attached hydrogens (tertiary/aromatic N) is 2. The van der Waals surface area contributed by atoms with Crippen molar-refractivity contribution in [2.75, 3.05) is 24.5 Å². The predicted octanol–water partition coefficient (Wildman–Crippen LogP) is 4.63. The molecule has 11 heteroatoms. The van der Waals surface area contributed by atoms with Gasteiger partial charge in [0.1, 0.15) is 24.2 Å². The van der Waals surface area contributed by atoms with Crippen molar-refractivity contribution in [3.63, 3.8) is 0 Å². The zero-order chi connectivity index (χ0) is 28.6. The molecule has 0 aliphatic carbocycles. The van der Waals surface area contributed by atoms with Crippen LogP contribution in [0.15, 0.2) is 77.7 Å². The molecule has 0 aliphatic rings. The van der Waals surface area contributed by atoms with E-state index in [0.717, 1.165) is 4.31 Å². The number of sulfonamides is 1. The molecule has 3 rings (SSSR count). The Balaban J connectivity index is 2.02. The predicted molar refractivity (Wildman–Crippen MR) is 149 cm³/mol. The molecule has 1 N–H and O–H groups in total. The van der Waals surface area contributed by atoms with Gasteiger partial charge in [0.25, 0.3) is 10.0 Å². The van der Waals surface area contributed by atoms with Crippen LogP contribution in [0.5, 0.6) is 5.75 Å². The Morgan fingerprint density at radius 1 is 1.03 bits per heavy atom. The average molecular weight is 576 g/mol. The van der Waals surface area contributed by atoms with E-state index in [0.29, 0.717) is 23.7 Å². The summed E-state index contributed by atoms with van der Waals surface area (Å²) in [5.41, 5.74) is 0.384. The third-order valence-electron chi connectivity index (χ3n) is 6.06. The molecule has 39 heavy (non-hydrogen) atoms. The van der Waals surface area contributed by atoms with Crippen LogP contribution in [0.1, 0.15) is 25.8 Å². The lowest BCUT2D eigenvalue weighted by Crippen LogP contribution is -2.51. The molecule has 0 saturated heterocycles. The van der Waals surface area contributed by atoms with Gasteiger partial charge >= 0.3 is 0 Å². The van der Waals surface area contributed by atoms with Gasteiger partial charge in [-0.2, -0.15) is 0 Å². The molecule has 0 radical (unpaired) electrons. The normalized spacial score (nSPS) is 11.9. The lowest BCUT2D eigenvalue weighted by molar-refractivity contribution is -0.139. The van der Waals surface area contributed by atoms with Crippen LogP contribution >= 0.6 is 11.6 Å². The molecule has 3 aromatic carbocycles. The van der Waals surface area contributed by atoms with Crippen molar-refractivity contribution in [1.29, 1.82) is 0 Å². The molecule has 0 fully saturated rings. The number of ether oxygens (including phenoxy) is 1. The molecular formula is C28H31ClFN3O5S. The van der Waals surface area contributed by atoms with Gasteiger partial charge in [-0.15, -0.1) is 0 Å². The third-order valence-corrected chi connectivity index (χ3v) is 8.10. The van der Waals surface area contributed by atoms with Crippen LogP contribution in [0.4, 0.5) is 10.1 Å². The van der Waals surface area contributed by atoms with Crippen molar-refractivity contribution in [3.8, 4) is 5.75 Å². The van der Waals surface area contributed by atoms with Crippen LogP contribution in [0.25, 0.3) is 0 Å². The average Bonchev–Trinajstić information content (AvgIpc) is 2.94. The largest absolute Gasteiger partial charge is 0.497 e. The summed E-state index contributed by atoms with van der Waals surface area (Å²) in [6, 6.07) is 16.6. The third kappa shape index (κ3) is 7.48. The Labute approximate surface area is 233 Å². The fourth-order valence-electron chi connectivity index (χ4n) is 3.80. The molecule has 3 aromatic rings. The fraction of sp³-hybridized carbons (Fsp3) is 0.286. The molecule has 0 aromatic heterocycles. The van der Waals surface area contributed by atoms with Crippen molar-refractivity contribution in [2.45, 2.75) is 37.8 Å². The molecule has 0 saturated carbocycles. The Kier molecular flexibility index (Phi) is 10.3. The van der Waals surface area contributed by atoms with E-state index < -0.39 is 40.2 Å². The Hall–Kier alpha value is -3.63. The summed E-state index contributed by atoms with van der Waals surface area (Å²) in [4.78, 5) is 27.7. The number of anilines is 1. The number of benzene rings is 3. The number of rotatable bonds is 12. The maximum absolute atomic E-state index is 14.6. The molecule has 1 atom stereocenters. The van der Waals surface area contributed by atoms with Crippen LogP contribution in [0, 0.1) is 5.82 Å². The van der Waals surface area contributed by atoms with Gasteiger partial charge in [-0.25, -0.2) is 12.8 Å². The number of methoxy groups -OCH3 is 1. The number of halogens is 2. The van der Waals surface area contributed by atoms with Crippen LogP contribution in [0.2, 0.25) is 5.02 Å². The van der Waals surface area contributed by atoms with Crippen LogP contribution < -0.4 is 14.4 Å². The van der Waals surface area contributed by atoms with E-state index >= 15 is 0 Å². The second kappa shape index (κ2) is 13.4. The summed E-state index contributed by atoms with van der Waals surface area (Å²) >= 11 is 6.02. The zero-order valence-electron chi connectivity index (χ0n) is 21.9. The van der Waals surface area contributed by atoms with Gasteiger partial charge in [0.05, 0.1) is 17.7 Å².